The number of carbonyl (C=O) groups excluding carboxylic acids is 2. The van der Waals surface area contributed by atoms with Crippen molar-refractivity contribution in [3.63, 3.8) is 0 Å². The second kappa shape index (κ2) is 10.4. The summed E-state index contributed by atoms with van der Waals surface area (Å²) in [6, 6.07) is 8.86. The number of rotatable bonds is 9. The monoisotopic (exact) mass is 475 g/mol. The Hall–Kier alpha value is -3.86. The molecule has 34 heavy (non-hydrogen) atoms. The minimum atomic E-state index is -2.88. The fraction of sp³-hybridized carbons (Fsp3) is 0.261. The van der Waals surface area contributed by atoms with Crippen LogP contribution < -0.4 is 16.8 Å². The fourth-order valence-corrected chi connectivity index (χ4v) is 3.53. The third-order valence-corrected chi connectivity index (χ3v) is 5.35. The van der Waals surface area contributed by atoms with Gasteiger partial charge in [-0.25, -0.2) is 17.9 Å². The summed E-state index contributed by atoms with van der Waals surface area (Å²) in [5.41, 5.74) is 13.1. The van der Waals surface area contributed by atoms with E-state index in [4.69, 9.17) is 16.6 Å². The molecule has 6 N–H and O–H groups in total. The van der Waals surface area contributed by atoms with Crippen molar-refractivity contribution in [1.82, 2.24) is 15.1 Å². The van der Waals surface area contributed by atoms with Crippen molar-refractivity contribution < 1.29 is 27.9 Å². The van der Waals surface area contributed by atoms with Crippen molar-refractivity contribution in [3.8, 4) is 11.3 Å². The number of nitrogen functional groups attached to an aromatic ring is 1. The van der Waals surface area contributed by atoms with Crippen LogP contribution in [-0.2, 0) is 6.54 Å². The largest absolute Gasteiger partial charge is 0.396 e. The van der Waals surface area contributed by atoms with E-state index < -0.39 is 36.7 Å². The number of nitrogens with two attached hydrogens (primary N) is 2. The molecular weight excluding hydrogens is 451 g/mol. The Morgan fingerprint density at radius 1 is 1.18 bits per heavy atom. The molecule has 0 fully saturated rings. The summed E-state index contributed by atoms with van der Waals surface area (Å²) in [5.74, 6) is -2.21. The zero-order chi connectivity index (χ0) is 25.0. The molecule has 2 aromatic carbocycles. The number of hydrogen-bond donors (Lipinski definition) is 4. The second-order valence-electron chi connectivity index (χ2n) is 7.67. The van der Waals surface area contributed by atoms with Crippen LogP contribution in [0.15, 0.2) is 42.5 Å². The van der Waals surface area contributed by atoms with Gasteiger partial charge in [0.25, 0.3) is 18.2 Å². The molecule has 3 aromatic rings. The maximum absolute atomic E-state index is 13.5. The molecule has 0 bridgehead atoms. The summed E-state index contributed by atoms with van der Waals surface area (Å²) >= 11 is 0. The van der Waals surface area contributed by atoms with Crippen LogP contribution in [-0.4, -0.2) is 39.7 Å². The molecule has 0 saturated heterocycles. The zero-order valence-corrected chi connectivity index (χ0v) is 18.3. The Kier molecular flexibility index (Phi) is 7.57. The standard InChI is InChI=1S/C23H24F3N5O3/c1-12-2-7-15(24)10-16(12)23(34)29-11-13-3-5-14(6-4-13)19-18(22(28)33)21(27)31(30-19)17(8-9-32)20(25)26/h2-7,10,17,20,32H,8-9,11,27H2,1H3,(H2,28,33)(H,29,34). The van der Waals surface area contributed by atoms with E-state index in [0.29, 0.717) is 16.7 Å². The van der Waals surface area contributed by atoms with Gasteiger partial charge in [-0.05, 0) is 36.6 Å². The van der Waals surface area contributed by atoms with E-state index in [9.17, 15) is 22.8 Å². The van der Waals surface area contributed by atoms with Crippen molar-refractivity contribution in [3.05, 3.63) is 70.5 Å². The van der Waals surface area contributed by atoms with E-state index in [1.807, 2.05) is 0 Å². The number of aliphatic hydroxyl groups excluding tert-OH is 1. The minimum Gasteiger partial charge on any atom is -0.396 e. The number of aliphatic hydroxyl groups is 1. The van der Waals surface area contributed by atoms with Crippen LogP contribution in [0.4, 0.5) is 19.0 Å². The number of anilines is 1. The Morgan fingerprint density at radius 2 is 1.85 bits per heavy atom. The Balaban J connectivity index is 1.84. The molecule has 11 heteroatoms. The van der Waals surface area contributed by atoms with E-state index in [1.165, 1.54) is 12.1 Å². The van der Waals surface area contributed by atoms with Crippen LogP contribution >= 0.6 is 0 Å². The summed E-state index contributed by atoms with van der Waals surface area (Å²) in [6.45, 7) is 1.31. The number of carbonyl (C=O) groups is 2. The van der Waals surface area contributed by atoms with Gasteiger partial charge in [-0.1, -0.05) is 30.3 Å². The number of alkyl halides is 2. The lowest BCUT2D eigenvalue weighted by Gasteiger charge is -2.16. The lowest BCUT2D eigenvalue weighted by Crippen LogP contribution is -2.23. The summed E-state index contributed by atoms with van der Waals surface area (Å²) in [7, 11) is 0. The summed E-state index contributed by atoms with van der Waals surface area (Å²) in [6.07, 6.45) is -3.19. The van der Waals surface area contributed by atoms with Gasteiger partial charge in [-0.2, -0.15) is 5.10 Å². The predicted octanol–water partition coefficient (Wildman–Crippen LogP) is 2.80. The number of aromatic nitrogens is 2. The van der Waals surface area contributed by atoms with Crippen LogP contribution in [0, 0.1) is 12.7 Å². The average Bonchev–Trinajstić information content (AvgIpc) is 3.14. The molecule has 0 aliphatic heterocycles. The maximum atomic E-state index is 13.5. The van der Waals surface area contributed by atoms with Crippen molar-refractivity contribution in [2.24, 2.45) is 5.73 Å². The quantitative estimate of drug-likeness (QED) is 0.377. The highest BCUT2D eigenvalue weighted by Gasteiger charge is 2.30. The highest BCUT2D eigenvalue weighted by atomic mass is 19.3. The van der Waals surface area contributed by atoms with Crippen LogP contribution in [0.1, 0.15) is 44.3 Å². The molecule has 180 valence electrons. The summed E-state index contributed by atoms with van der Waals surface area (Å²) < 4.78 is 41.2. The number of nitrogens with zero attached hydrogens (tertiary/aromatic N) is 2. The highest BCUT2D eigenvalue weighted by Crippen LogP contribution is 2.32. The van der Waals surface area contributed by atoms with E-state index in [-0.39, 0.29) is 35.6 Å². The van der Waals surface area contributed by atoms with Crippen molar-refractivity contribution in [2.45, 2.75) is 32.4 Å². The molecule has 0 saturated carbocycles. The van der Waals surface area contributed by atoms with Crippen molar-refractivity contribution in [1.29, 1.82) is 0 Å². The minimum absolute atomic E-state index is 0.0274. The summed E-state index contributed by atoms with van der Waals surface area (Å²) in [4.78, 5) is 24.4. The van der Waals surface area contributed by atoms with Gasteiger partial charge in [0, 0.05) is 24.3 Å². The highest BCUT2D eigenvalue weighted by molar-refractivity contribution is 6.03. The third-order valence-electron chi connectivity index (χ3n) is 5.35. The molecule has 1 aromatic heterocycles. The van der Waals surface area contributed by atoms with E-state index >= 15 is 0 Å². The molecule has 0 aliphatic rings. The van der Waals surface area contributed by atoms with E-state index in [1.54, 1.807) is 31.2 Å². The molecule has 1 atom stereocenters. The van der Waals surface area contributed by atoms with Crippen LogP contribution in [0.2, 0.25) is 0 Å². The molecule has 3 rings (SSSR count). The fourth-order valence-electron chi connectivity index (χ4n) is 3.53. The average molecular weight is 475 g/mol. The van der Waals surface area contributed by atoms with Gasteiger partial charge in [0.05, 0.1) is 0 Å². The third kappa shape index (κ3) is 5.20. The Labute approximate surface area is 193 Å². The molecule has 1 heterocycles. The Morgan fingerprint density at radius 3 is 2.44 bits per heavy atom. The van der Waals surface area contributed by atoms with Crippen LogP contribution in [0.5, 0.6) is 0 Å². The van der Waals surface area contributed by atoms with E-state index in [0.717, 1.165) is 10.7 Å². The first-order valence-corrected chi connectivity index (χ1v) is 10.3. The van der Waals surface area contributed by atoms with E-state index in [2.05, 4.69) is 10.4 Å². The maximum Gasteiger partial charge on any atom is 0.260 e. The molecule has 1 unspecified atom stereocenters. The Bertz CT molecular complexity index is 1200. The number of hydrogen-bond acceptors (Lipinski definition) is 5. The smallest absolute Gasteiger partial charge is 0.260 e. The van der Waals surface area contributed by atoms with Gasteiger partial charge in [-0.3, -0.25) is 9.59 Å². The summed E-state index contributed by atoms with van der Waals surface area (Å²) in [5, 5.41) is 15.9. The zero-order valence-electron chi connectivity index (χ0n) is 18.3. The number of nitrogens with one attached hydrogen (secondary N) is 1. The SMILES string of the molecule is Cc1ccc(F)cc1C(=O)NCc1ccc(-c2nn(C(CCO)C(F)F)c(N)c2C(N)=O)cc1. The molecule has 0 spiro atoms. The number of aryl methyl sites for hydroxylation is 1. The molecule has 0 radical (unpaired) electrons. The van der Waals surface area contributed by atoms with Crippen LogP contribution in [0.25, 0.3) is 11.3 Å². The predicted molar refractivity (Wildman–Crippen MR) is 120 cm³/mol. The lowest BCUT2D eigenvalue weighted by molar-refractivity contribution is 0.0623. The van der Waals surface area contributed by atoms with Gasteiger partial charge >= 0.3 is 0 Å². The van der Waals surface area contributed by atoms with Gasteiger partial charge in [0.1, 0.15) is 28.9 Å². The van der Waals surface area contributed by atoms with Crippen molar-refractivity contribution in [2.75, 3.05) is 12.3 Å². The van der Waals surface area contributed by atoms with Gasteiger partial charge < -0.3 is 21.9 Å². The first kappa shape index (κ1) is 24.8. The number of halogens is 3. The number of primary amides is 1. The van der Waals surface area contributed by atoms with Gasteiger partial charge in [-0.15, -0.1) is 0 Å². The molecular formula is C23H24F3N5O3. The lowest BCUT2D eigenvalue weighted by atomic mass is 10.0. The number of amides is 2. The molecule has 8 nitrogen and oxygen atoms in total. The molecule has 0 aliphatic carbocycles. The first-order chi connectivity index (χ1) is 16.1. The topological polar surface area (TPSA) is 136 Å². The van der Waals surface area contributed by atoms with Crippen molar-refractivity contribution >= 4 is 17.6 Å². The van der Waals surface area contributed by atoms with Gasteiger partial charge in [0.2, 0.25) is 0 Å². The normalized spacial score (nSPS) is 12.1. The van der Waals surface area contributed by atoms with Crippen LogP contribution in [0.3, 0.4) is 0 Å². The number of benzene rings is 2. The van der Waals surface area contributed by atoms with Gasteiger partial charge in [0.15, 0.2) is 0 Å². The molecule has 2 amide bonds. The first-order valence-electron chi connectivity index (χ1n) is 10.3. The second-order valence-corrected chi connectivity index (χ2v) is 7.67.